The lowest BCUT2D eigenvalue weighted by Gasteiger charge is -2.32. The van der Waals surface area contributed by atoms with E-state index in [2.05, 4.69) is 15.2 Å². The Morgan fingerprint density at radius 1 is 1.32 bits per heavy atom. The zero-order chi connectivity index (χ0) is 17.8. The molecule has 2 aromatic rings. The average Bonchev–Trinajstić information content (AvgIpc) is 2.64. The van der Waals surface area contributed by atoms with Gasteiger partial charge in [0.2, 0.25) is 5.91 Å². The van der Waals surface area contributed by atoms with Gasteiger partial charge in [0.1, 0.15) is 17.7 Å². The highest BCUT2D eigenvalue weighted by atomic mass is 35.5. The first-order valence-corrected chi connectivity index (χ1v) is 8.31. The fraction of sp³-hybridized carbons (Fsp3) is 0.278. The SMILES string of the molecule is N#Cc1ccc(N2CCC(C(=O)Nc3ccc(F)cc3Cl)CC2)nc1. The van der Waals surface area contributed by atoms with Gasteiger partial charge in [0.05, 0.1) is 16.3 Å². The average molecular weight is 359 g/mol. The Kier molecular flexibility index (Phi) is 5.15. The lowest BCUT2D eigenvalue weighted by molar-refractivity contribution is -0.120. The van der Waals surface area contributed by atoms with Crippen molar-refractivity contribution in [3.63, 3.8) is 0 Å². The summed E-state index contributed by atoms with van der Waals surface area (Å²) in [6, 6.07) is 9.50. The van der Waals surface area contributed by atoms with E-state index < -0.39 is 5.82 Å². The smallest absolute Gasteiger partial charge is 0.227 e. The third-order valence-corrected chi connectivity index (χ3v) is 4.57. The molecule has 5 nitrogen and oxygen atoms in total. The molecule has 1 aliphatic rings. The Morgan fingerprint density at radius 2 is 2.08 bits per heavy atom. The number of rotatable bonds is 3. The second-order valence-corrected chi connectivity index (χ2v) is 6.30. The summed E-state index contributed by atoms with van der Waals surface area (Å²) in [7, 11) is 0. The molecule has 1 aromatic carbocycles. The molecule has 1 fully saturated rings. The van der Waals surface area contributed by atoms with Crippen LogP contribution < -0.4 is 10.2 Å². The third-order valence-electron chi connectivity index (χ3n) is 4.26. The number of amides is 1. The number of piperidine rings is 1. The van der Waals surface area contributed by atoms with Gasteiger partial charge in [0.25, 0.3) is 0 Å². The molecule has 7 heteroatoms. The van der Waals surface area contributed by atoms with E-state index in [0.29, 0.717) is 37.2 Å². The van der Waals surface area contributed by atoms with E-state index in [-0.39, 0.29) is 16.8 Å². The van der Waals surface area contributed by atoms with E-state index in [1.54, 1.807) is 12.3 Å². The number of aromatic nitrogens is 1. The van der Waals surface area contributed by atoms with E-state index in [4.69, 9.17) is 16.9 Å². The minimum absolute atomic E-state index is 0.110. The highest BCUT2D eigenvalue weighted by Gasteiger charge is 2.26. The summed E-state index contributed by atoms with van der Waals surface area (Å²) in [5.41, 5.74) is 0.943. The maximum Gasteiger partial charge on any atom is 0.227 e. The normalized spacial score (nSPS) is 14.8. The van der Waals surface area contributed by atoms with Crippen molar-refractivity contribution in [3.8, 4) is 6.07 Å². The quantitative estimate of drug-likeness (QED) is 0.910. The number of nitrogens with one attached hydrogen (secondary N) is 1. The van der Waals surface area contributed by atoms with Crippen LogP contribution in [0.3, 0.4) is 0 Å². The van der Waals surface area contributed by atoms with Crippen LogP contribution in [0.5, 0.6) is 0 Å². The van der Waals surface area contributed by atoms with E-state index in [1.807, 2.05) is 12.1 Å². The molecule has 0 spiro atoms. The molecule has 3 rings (SSSR count). The van der Waals surface area contributed by atoms with Crippen molar-refractivity contribution in [2.75, 3.05) is 23.3 Å². The molecule has 1 saturated heterocycles. The van der Waals surface area contributed by atoms with Gasteiger partial charge in [-0.2, -0.15) is 5.26 Å². The number of hydrogen-bond acceptors (Lipinski definition) is 4. The van der Waals surface area contributed by atoms with Crippen LogP contribution in [0.4, 0.5) is 15.9 Å². The molecule has 0 radical (unpaired) electrons. The van der Waals surface area contributed by atoms with Crippen molar-refractivity contribution < 1.29 is 9.18 Å². The standard InChI is InChI=1S/C18H16ClFN4O/c19-15-9-14(20)2-3-16(15)23-18(25)13-5-7-24(8-6-13)17-4-1-12(10-21)11-22-17/h1-4,9,11,13H,5-8H2,(H,23,25). The number of pyridine rings is 1. The molecule has 2 heterocycles. The minimum atomic E-state index is -0.439. The van der Waals surface area contributed by atoms with Gasteiger partial charge in [-0.05, 0) is 43.2 Å². The summed E-state index contributed by atoms with van der Waals surface area (Å²) in [5, 5.41) is 11.8. The fourth-order valence-electron chi connectivity index (χ4n) is 2.84. The topological polar surface area (TPSA) is 69.0 Å². The summed E-state index contributed by atoms with van der Waals surface area (Å²) in [4.78, 5) is 18.8. The van der Waals surface area contributed by atoms with Crippen LogP contribution in [-0.4, -0.2) is 24.0 Å². The Bertz CT molecular complexity index is 811. The predicted octanol–water partition coefficient (Wildman–Crippen LogP) is 3.60. The number of carbonyl (C=O) groups excluding carboxylic acids is 1. The van der Waals surface area contributed by atoms with E-state index in [9.17, 15) is 9.18 Å². The highest BCUT2D eigenvalue weighted by Crippen LogP contribution is 2.26. The summed E-state index contributed by atoms with van der Waals surface area (Å²) in [5.74, 6) is 0.127. The lowest BCUT2D eigenvalue weighted by atomic mass is 9.95. The van der Waals surface area contributed by atoms with E-state index in [1.165, 1.54) is 18.2 Å². The molecule has 1 N–H and O–H groups in total. The summed E-state index contributed by atoms with van der Waals surface area (Å²) in [6.07, 6.45) is 2.92. The Hall–Kier alpha value is -2.65. The first-order valence-electron chi connectivity index (χ1n) is 7.94. The molecular formula is C18H16ClFN4O. The fourth-order valence-corrected chi connectivity index (χ4v) is 3.05. The highest BCUT2D eigenvalue weighted by molar-refractivity contribution is 6.33. The lowest BCUT2D eigenvalue weighted by Crippen LogP contribution is -2.38. The van der Waals surface area contributed by atoms with Crippen LogP contribution in [0.1, 0.15) is 18.4 Å². The molecule has 0 saturated carbocycles. The number of hydrogen-bond donors (Lipinski definition) is 1. The van der Waals surface area contributed by atoms with Crippen molar-refractivity contribution in [2.24, 2.45) is 5.92 Å². The number of benzene rings is 1. The first kappa shape index (κ1) is 17.2. The summed E-state index contributed by atoms with van der Waals surface area (Å²) < 4.78 is 13.1. The van der Waals surface area contributed by atoms with Gasteiger partial charge in [-0.25, -0.2) is 9.37 Å². The number of carbonyl (C=O) groups is 1. The predicted molar refractivity (Wildman–Crippen MR) is 93.9 cm³/mol. The zero-order valence-electron chi connectivity index (χ0n) is 13.4. The third kappa shape index (κ3) is 4.06. The second kappa shape index (κ2) is 7.49. The Balaban J connectivity index is 1.57. The first-order chi connectivity index (χ1) is 12.1. The number of nitrogens with zero attached hydrogens (tertiary/aromatic N) is 3. The van der Waals surface area contributed by atoms with Crippen LogP contribution in [0.15, 0.2) is 36.5 Å². The zero-order valence-corrected chi connectivity index (χ0v) is 14.1. The van der Waals surface area contributed by atoms with E-state index >= 15 is 0 Å². The van der Waals surface area contributed by atoms with Crippen LogP contribution in [0.25, 0.3) is 0 Å². The van der Waals surface area contributed by atoms with Crippen molar-refractivity contribution in [2.45, 2.75) is 12.8 Å². The van der Waals surface area contributed by atoms with Crippen LogP contribution >= 0.6 is 11.6 Å². The molecule has 1 amide bonds. The molecule has 1 aliphatic heterocycles. The summed E-state index contributed by atoms with van der Waals surface area (Å²) >= 11 is 5.95. The Morgan fingerprint density at radius 3 is 2.68 bits per heavy atom. The van der Waals surface area contributed by atoms with Crippen molar-refractivity contribution in [3.05, 3.63) is 52.9 Å². The number of nitriles is 1. The maximum atomic E-state index is 13.1. The molecule has 1 aromatic heterocycles. The van der Waals surface area contributed by atoms with Crippen molar-refractivity contribution in [1.29, 1.82) is 5.26 Å². The summed E-state index contributed by atoms with van der Waals surface area (Å²) in [6.45, 7) is 1.41. The largest absolute Gasteiger partial charge is 0.357 e. The molecule has 0 aliphatic carbocycles. The van der Waals surface area contributed by atoms with Gasteiger partial charge in [0.15, 0.2) is 0 Å². The van der Waals surface area contributed by atoms with Crippen LogP contribution in [0.2, 0.25) is 5.02 Å². The van der Waals surface area contributed by atoms with Crippen LogP contribution in [0, 0.1) is 23.1 Å². The monoisotopic (exact) mass is 358 g/mol. The van der Waals surface area contributed by atoms with Crippen molar-refractivity contribution >= 4 is 29.0 Å². The molecule has 0 unspecified atom stereocenters. The molecule has 0 atom stereocenters. The minimum Gasteiger partial charge on any atom is -0.357 e. The molecule has 128 valence electrons. The van der Waals surface area contributed by atoms with Gasteiger partial charge in [-0.1, -0.05) is 11.6 Å². The van der Waals surface area contributed by atoms with Gasteiger partial charge in [-0.15, -0.1) is 0 Å². The van der Waals surface area contributed by atoms with Crippen molar-refractivity contribution in [1.82, 2.24) is 4.98 Å². The molecule has 25 heavy (non-hydrogen) atoms. The number of halogens is 2. The number of anilines is 2. The van der Waals surface area contributed by atoms with Gasteiger partial charge >= 0.3 is 0 Å². The Labute approximate surface area is 150 Å². The van der Waals surface area contributed by atoms with Gasteiger partial charge in [-0.3, -0.25) is 4.79 Å². The molecule has 0 bridgehead atoms. The van der Waals surface area contributed by atoms with Gasteiger partial charge in [0, 0.05) is 25.2 Å². The van der Waals surface area contributed by atoms with Gasteiger partial charge < -0.3 is 10.2 Å². The molecular weight excluding hydrogens is 343 g/mol. The van der Waals surface area contributed by atoms with E-state index in [0.717, 1.165) is 5.82 Å². The van der Waals surface area contributed by atoms with Crippen LogP contribution in [-0.2, 0) is 4.79 Å². The maximum absolute atomic E-state index is 13.1. The second-order valence-electron chi connectivity index (χ2n) is 5.89.